The van der Waals surface area contributed by atoms with Gasteiger partial charge in [-0.25, -0.2) is 4.79 Å². The molecule has 4 heteroatoms. The fraction of sp³-hybridized carbons (Fsp3) is 0.471. The van der Waals surface area contributed by atoms with E-state index in [1.807, 2.05) is 25.1 Å². The first-order chi connectivity index (χ1) is 10.2. The summed E-state index contributed by atoms with van der Waals surface area (Å²) in [6.07, 6.45) is 4.03. The van der Waals surface area contributed by atoms with E-state index in [-0.39, 0.29) is 5.63 Å². The average molecular weight is 288 g/mol. The third kappa shape index (κ3) is 3.45. The molecule has 0 atom stereocenters. The molecule has 4 nitrogen and oxygen atoms in total. The van der Waals surface area contributed by atoms with Gasteiger partial charge in [0.05, 0.1) is 13.1 Å². The normalized spacial score (nSPS) is 16.2. The molecular weight excluding hydrogens is 266 g/mol. The van der Waals surface area contributed by atoms with Crippen LogP contribution in [0.25, 0.3) is 11.0 Å². The van der Waals surface area contributed by atoms with E-state index in [1.54, 1.807) is 4.90 Å². The van der Waals surface area contributed by atoms with E-state index in [2.05, 4.69) is 0 Å². The Balaban J connectivity index is 1.65. The molecule has 0 bridgehead atoms. The Morgan fingerprint density at radius 2 is 2.00 bits per heavy atom. The first-order valence-electron chi connectivity index (χ1n) is 7.73. The lowest BCUT2D eigenvalue weighted by Crippen LogP contribution is -3.13. The molecule has 2 aromatic rings. The van der Waals surface area contributed by atoms with Crippen LogP contribution in [0.4, 0.5) is 0 Å². The molecule has 1 N–H and O–H groups in total. The van der Waals surface area contributed by atoms with Gasteiger partial charge in [-0.1, -0.05) is 0 Å². The van der Waals surface area contributed by atoms with E-state index in [0.717, 1.165) is 23.2 Å². The van der Waals surface area contributed by atoms with Gasteiger partial charge in [-0.2, -0.15) is 0 Å². The lowest BCUT2D eigenvalue weighted by molar-refractivity contribution is -0.904. The summed E-state index contributed by atoms with van der Waals surface area (Å²) in [4.78, 5) is 13.1. The minimum absolute atomic E-state index is 0.310. The van der Waals surface area contributed by atoms with E-state index in [0.29, 0.717) is 12.2 Å². The lowest BCUT2D eigenvalue weighted by atomic mass is 10.1. The standard InChI is InChI=1S/C17H21NO3/c1-13-11-17(19)21-16-12-14(5-6-15(13)16)20-10-9-18-7-3-2-4-8-18/h5-6,11-12H,2-4,7-10H2,1H3/p+1. The molecule has 1 aromatic carbocycles. The van der Waals surface area contributed by atoms with Crippen LogP contribution in [0.1, 0.15) is 24.8 Å². The van der Waals surface area contributed by atoms with Gasteiger partial charge in [0, 0.05) is 17.5 Å². The summed E-state index contributed by atoms with van der Waals surface area (Å²) in [6, 6.07) is 7.23. The maximum absolute atomic E-state index is 11.4. The van der Waals surface area contributed by atoms with Gasteiger partial charge in [0.15, 0.2) is 0 Å². The molecule has 2 heterocycles. The van der Waals surface area contributed by atoms with Gasteiger partial charge < -0.3 is 14.1 Å². The Morgan fingerprint density at radius 1 is 1.19 bits per heavy atom. The van der Waals surface area contributed by atoms with Crippen molar-refractivity contribution in [2.24, 2.45) is 0 Å². The Kier molecular flexibility index (Phi) is 4.25. The van der Waals surface area contributed by atoms with Crippen LogP contribution in [-0.2, 0) is 0 Å². The van der Waals surface area contributed by atoms with Crippen molar-refractivity contribution in [3.8, 4) is 5.75 Å². The van der Waals surface area contributed by atoms with Crippen LogP contribution < -0.4 is 15.3 Å². The fourth-order valence-electron chi connectivity index (χ4n) is 3.01. The van der Waals surface area contributed by atoms with Crippen molar-refractivity contribution in [2.45, 2.75) is 26.2 Å². The maximum atomic E-state index is 11.4. The highest BCUT2D eigenvalue weighted by molar-refractivity contribution is 5.81. The molecule has 112 valence electrons. The molecule has 1 saturated heterocycles. The zero-order chi connectivity index (χ0) is 14.7. The summed E-state index contributed by atoms with van der Waals surface area (Å²) >= 11 is 0. The largest absolute Gasteiger partial charge is 0.488 e. The van der Waals surface area contributed by atoms with E-state index in [1.165, 1.54) is 38.4 Å². The molecule has 0 amide bonds. The highest BCUT2D eigenvalue weighted by atomic mass is 16.5. The quantitative estimate of drug-likeness (QED) is 0.868. The van der Waals surface area contributed by atoms with Gasteiger partial charge in [-0.15, -0.1) is 0 Å². The van der Waals surface area contributed by atoms with Crippen LogP contribution >= 0.6 is 0 Å². The smallest absolute Gasteiger partial charge is 0.336 e. The van der Waals surface area contributed by atoms with Gasteiger partial charge in [-0.3, -0.25) is 0 Å². The van der Waals surface area contributed by atoms with E-state index in [9.17, 15) is 4.79 Å². The molecule has 0 radical (unpaired) electrons. The number of rotatable bonds is 4. The van der Waals surface area contributed by atoms with Crippen molar-refractivity contribution < 1.29 is 14.1 Å². The number of quaternary nitrogens is 1. The highest BCUT2D eigenvalue weighted by Gasteiger charge is 2.13. The van der Waals surface area contributed by atoms with E-state index >= 15 is 0 Å². The number of piperidine rings is 1. The highest BCUT2D eigenvalue weighted by Crippen LogP contribution is 2.21. The third-order valence-electron chi connectivity index (χ3n) is 4.21. The van der Waals surface area contributed by atoms with Gasteiger partial charge in [0.25, 0.3) is 0 Å². The predicted molar refractivity (Wildman–Crippen MR) is 82.1 cm³/mol. The molecule has 1 aliphatic rings. The summed E-state index contributed by atoms with van der Waals surface area (Å²) in [7, 11) is 0. The SMILES string of the molecule is Cc1cc(=O)oc2cc(OCC[NH+]3CCCCC3)ccc12. The average Bonchev–Trinajstić information content (AvgIpc) is 2.48. The third-order valence-corrected chi connectivity index (χ3v) is 4.21. The topological polar surface area (TPSA) is 43.9 Å². The molecule has 0 saturated carbocycles. The molecule has 21 heavy (non-hydrogen) atoms. The molecule has 1 aromatic heterocycles. The molecule has 0 spiro atoms. The lowest BCUT2D eigenvalue weighted by Gasteiger charge is -2.23. The number of likely N-dealkylation sites (tertiary alicyclic amines) is 1. The number of nitrogens with one attached hydrogen (secondary N) is 1. The minimum atomic E-state index is -0.310. The van der Waals surface area contributed by atoms with Crippen molar-refractivity contribution in [2.75, 3.05) is 26.2 Å². The minimum Gasteiger partial charge on any atom is -0.488 e. The first-order valence-corrected chi connectivity index (χ1v) is 7.73. The summed E-state index contributed by atoms with van der Waals surface area (Å²) in [5.74, 6) is 0.771. The van der Waals surface area contributed by atoms with Crippen LogP contribution in [0.3, 0.4) is 0 Å². The van der Waals surface area contributed by atoms with Gasteiger partial charge in [0.1, 0.15) is 24.5 Å². The second-order valence-electron chi connectivity index (χ2n) is 5.82. The Hall–Kier alpha value is -1.81. The Labute approximate surface area is 124 Å². The predicted octanol–water partition coefficient (Wildman–Crippen LogP) is 1.55. The molecule has 0 aliphatic carbocycles. The van der Waals surface area contributed by atoms with Gasteiger partial charge >= 0.3 is 5.63 Å². The summed E-state index contributed by atoms with van der Waals surface area (Å²) < 4.78 is 11.1. The van der Waals surface area contributed by atoms with Crippen LogP contribution in [0.2, 0.25) is 0 Å². The van der Waals surface area contributed by atoms with Crippen LogP contribution in [0, 0.1) is 6.92 Å². The van der Waals surface area contributed by atoms with E-state index < -0.39 is 0 Å². The molecular formula is C17H22NO3+. The van der Waals surface area contributed by atoms with Crippen LogP contribution in [0.5, 0.6) is 5.75 Å². The van der Waals surface area contributed by atoms with Crippen molar-refractivity contribution in [3.63, 3.8) is 0 Å². The second kappa shape index (κ2) is 6.31. The fourth-order valence-corrected chi connectivity index (χ4v) is 3.01. The van der Waals surface area contributed by atoms with E-state index in [4.69, 9.17) is 9.15 Å². The summed E-state index contributed by atoms with van der Waals surface area (Å²) in [6.45, 7) is 6.18. The number of hydrogen-bond donors (Lipinski definition) is 1. The molecule has 0 unspecified atom stereocenters. The zero-order valence-corrected chi connectivity index (χ0v) is 12.5. The maximum Gasteiger partial charge on any atom is 0.336 e. The number of aryl methyl sites for hydroxylation is 1. The molecule has 1 aliphatic heterocycles. The van der Waals surface area contributed by atoms with Crippen molar-refractivity contribution >= 4 is 11.0 Å². The Bertz CT molecular complexity index is 671. The number of fused-ring (bicyclic) bond motifs is 1. The van der Waals surface area contributed by atoms with Crippen molar-refractivity contribution in [1.29, 1.82) is 0 Å². The zero-order valence-electron chi connectivity index (χ0n) is 12.5. The van der Waals surface area contributed by atoms with Gasteiger partial charge in [-0.05, 0) is 43.9 Å². The van der Waals surface area contributed by atoms with Crippen molar-refractivity contribution in [1.82, 2.24) is 0 Å². The van der Waals surface area contributed by atoms with Crippen LogP contribution in [-0.4, -0.2) is 26.2 Å². The van der Waals surface area contributed by atoms with Gasteiger partial charge in [0.2, 0.25) is 0 Å². The van der Waals surface area contributed by atoms with Crippen LogP contribution in [0.15, 0.2) is 33.5 Å². The second-order valence-corrected chi connectivity index (χ2v) is 5.82. The summed E-state index contributed by atoms with van der Waals surface area (Å²) in [5.41, 5.74) is 1.23. The number of hydrogen-bond acceptors (Lipinski definition) is 3. The number of benzene rings is 1. The molecule has 1 fully saturated rings. The Morgan fingerprint density at radius 3 is 2.81 bits per heavy atom. The summed E-state index contributed by atoms with van der Waals surface area (Å²) in [5, 5.41) is 0.962. The molecule has 3 rings (SSSR count). The monoisotopic (exact) mass is 288 g/mol. The first kappa shape index (κ1) is 14.1. The van der Waals surface area contributed by atoms with Crippen molar-refractivity contribution in [3.05, 3.63) is 40.2 Å². The number of ether oxygens (including phenoxy) is 1.